The van der Waals surface area contributed by atoms with E-state index in [0.29, 0.717) is 6.61 Å². The van der Waals surface area contributed by atoms with Crippen LogP contribution in [0.15, 0.2) is 35.5 Å². The van der Waals surface area contributed by atoms with Crippen LogP contribution in [0.2, 0.25) is 0 Å². The molecule has 1 aromatic carbocycles. The van der Waals surface area contributed by atoms with Crippen LogP contribution < -0.4 is 15.4 Å². The summed E-state index contributed by atoms with van der Waals surface area (Å²) >= 11 is 1.74. The fourth-order valence-electron chi connectivity index (χ4n) is 2.35. The second-order valence-electron chi connectivity index (χ2n) is 5.33. The molecule has 1 aromatic heterocycles. The number of thiazole rings is 1. The molecule has 0 aliphatic carbocycles. The molecular weight excluding hydrogens is 447 g/mol. The van der Waals surface area contributed by atoms with Gasteiger partial charge in [0.2, 0.25) is 0 Å². The first-order chi connectivity index (χ1) is 11.7. The van der Waals surface area contributed by atoms with E-state index in [2.05, 4.69) is 33.6 Å². The molecule has 0 spiro atoms. The van der Waals surface area contributed by atoms with Crippen LogP contribution in [-0.2, 0) is 12.8 Å². The van der Waals surface area contributed by atoms with E-state index in [0.717, 1.165) is 42.6 Å². The van der Waals surface area contributed by atoms with Gasteiger partial charge in [-0.3, -0.25) is 4.99 Å². The van der Waals surface area contributed by atoms with Crippen LogP contribution in [0.3, 0.4) is 0 Å². The van der Waals surface area contributed by atoms with E-state index in [1.54, 1.807) is 18.4 Å². The van der Waals surface area contributed by atoms with Gasteiger partial charge in [-0.2, -0.15) is 0 Å². The first-order valence-electron chi connectivity index (χ1n) is 8.29. The normalized spacial score (nSPS) is 10.9. The van der Waals surface area contributed by atoms with Crippen LogP contribution in [0, 0.1) is 6.92 Å². The van der Waals surface area contributed by atoms with Crippen molar-refractivity contribution in [3.8, 4) is 5.75 Å². The molecule has 5 nitrogen and oxygen atoms in total. The Kier molecular flexibility index (Phi) is 10.5. The molecule has 2 rings (SSSR count). The van der Waals surface area contributed by atoms with E-state index in [1.807, 2.05) is 31.3 Å². The van der Waals surface area contributed by atoms with Crippen LogP contribution in [-0.4, -0.2) is 37.7 Å². The Balaban J connectivity index is 0.00000312. The highest BCUT2D eigenvalue weighted by atomic mass is 127. The summed E-state index contributed by atoms with van der Waals surface area (Å²) in [5, 5.41) is 7.83. The Morgan fingerprint density at radius 2 is 1.92 bits per heavy atom. The van der Waals surface area contributed by atoms with Crippen LogP contribution >= 0.6 is 35.3 Å². The number of halogens is 1. The van der Waals surface area contributed by atoms with E-state index in [-0.39, 0.29) is 24.0 Å². The van der Waals surface area contributed by atoms with Gasteiger partial charge in [0.05, 0.1) is 11.6 Å². The minimum Gasteiger partial charge on any atom is -0.494 e. The van der Waals surface area contributed by atoms with Gasteiger partial charge in [0.25, 0.3) is 0 Å². The van der Waals surface area contributed by atoms with Gasteiger partial charge >= 0.3 is 0 Å². The molecule has 0 aliphatic heterocycles. The van der Waals surface area contributed by atoms with Gasteiger partial charge in [0.15, 0.2) is 5.96 Å². The van der Waals surface area contributed by atoms with Gasteiger partial charge in [-0.15, -0.1) is 35.3 Å². The molecule has 0 saturated heterocycles. The molecule has 0 unspecified atom stereocenters. The first-order valence-corrected chi connectivity index (χ1v) is 9.11. The minimum absolute atomic E-state index is 0. The van der Waals surface area contributed by atoms with Crippen LogP contribution in [0.4, 0.5) is 0 Å². The van der Waals surface area contributed by atoms with Crippen LogP contribution in [0.5, 0.6) is 5.75 Å². The predicted molar refractivity (Wildman–Crippen MR) is 117 cm³/mol. The van der Waals surface area contributed by atoms with E-state index in [4.69, 9.17) is 4.74 Å². The fraction of sp³-hybridized carbons (Fsp3) is 0.444. The van der Waals surface area contributed by atoms with Gasteiger partial charge in [0.1, 0.15) is 5.75 Å². The third-order valence-electron chi connectivity index (χ3n) is 3.48. The summed E-state index contributed by atoms with van der Waals surface area (Å²) in [6.07, 6.45) is 3.72. The van der Waals surface area contributed by atoms with Crippen molar-refractivity contribution in [2.75, 3.05) is 26.7 Å². The summed E-state index contributed by atoms with van der Waals surface area (Å²) in [4.78, 5) is 9.88. The summed E-state index contributed by atoms with van der Waals surface area (Å²) in [5.74, 6) is 1.78. The Bertz CT molecular complexity index is 660. The third kappa shape index (κ3) is 7.60. The predicted octanol–water partition coefficient (Wildman–Crippen LogP) is 3.42. The van der Waals surface area contributed by atoms with Crippen molar-refractivity contribution >= 4 is 41.3 Å². The Morgan fingerprint density at radius 3 is 2.56 bits per heavy atom. The molecule has 2 aromatic rings. The summed E-state index contributed by atoms with van der Waals surface area (Å²) < 4.78 is 5.66. The average Bonchev–Trinajstić information content (AvgIpc) is 3.00. The van der Waals surface area contributed by atoms with E-state index in [9.17, 15) is 0 Å². The molecule has 0 aliphatic rings. The summed E-state index contributed by atoms with van der Waals surface area (Å²) in [6.45, 7) is 6.39. The largest absolute Gasteiger partial charge is 0.494 e. The monoisotopic (exact) mass is 474 g/mol. The molecular formula is C18H27IN4OS. The van der Waals surface area contributed by atoms with E-state index < -0.39 is 0 Å². The molecule has 0 fully saturated rings. The zero-order valence-corrected chi connectivity index (χ0v) is 18.2. The van der Waals surface area contributed by atoms with Crippen LogP contribution in [0.1, 0.15) is 22.4 Å². The molecule has 138 valence electrons. The number of benzene rings is 1. The lowest BCUT2D eigenvalue weighted by molar-refractivity contribution is 0.336. The summed E-state index contributed by atoms with van der Waals surface area (Å²) in [5.41, 5.74) is 1.21. The summed E-state index contributed by atoms with van der Waals surface area (Å²) in [7, 11) is 1.79. The van der Waals surface area contributed by atoms with Gasteiger partial charge < -0.3 is 15.4 Å². The second-order valence-corrected chi connectivity index (χ2v) is 6.65. The highest BCUT2D eigenvalue weighted by Gasteiger charge is 2.04. The first kappa shape index (κ1) is 21.7. The maximum Gasteiger partial charge on any atom is 0.191 e. The number of para-hydroxylation sites is 1. The lowest BCUT2D eigenvalue weighted by Gasteiger charge is -2.13. The number of hydrogen-bond donors (Lipinski definition) is 2. The number of nitrogens with zero attached hydrogens (tertiary/aromatic N) is 2. The Hall–Kier alpha value is -1.35. The summed E-state index contributed by atoms with van der Waals surface area (Å²) in [6, 6.07) is 8.17. The zero-order valence-electron chi connectivity index (χ0n) is 15.0. The standard InChI is InChI=1S/C18H26N4OS.HI/c1-4-23-16-8-6-5-7-15(16)9-11-20-18(19-3)21-12-10-17-22-13-14(2)24-17;/h5-8,13H,4,9-12H2,1-3H3,(H2,19,20,21);1H. The van der Waals surface area contributed by atoms with Crippen molar-refractivity contribution in [3.05, 3.63) is 45.9 Å². The lowest BCUT2D eigenvalue weighted by atomic mass is 10.1. The van der Waals surface area contributed by atoms with Crippen molar-refractivity contribution in [3.63, 3.8) is 0 Å². The molecule has 0 saturated carbocycles. The van der Waals surface area contributed by atoms with E-state index >= 15 is 0 Å². The van der Waals surface area contributed by atoms with Gasteiger partial charge in [-0.25, -0.2) is 4.98 Å². The topological polar surface area (TPSA) is 58.5 Å². The van der Waals surface area contributed by atoms with Gasteiger partial charge in [0, 0.05) is 37.6 Å². The molecule has 0 atom stereocenters. The van der Waals surface area contributed by atoms with Crippen molar-refractivity contribution < 1.29 is 4.74 Å². The Morgan fingerprint density at radius 1 is 1.20 bits per heavy atom. The fourth-order valence-corrected chi connectivity index (χ4v) is 3.13. The van der Waals surface area contributed by atoms with Crippen molar-refractivity contribution in [2.24, 2.45) is 4.99 Å². The molecule has 25 heavy (non-hydrogen) atoms. The van der Waals surface area contributed by atoms with E-state index in [1.165, 1.54) is 10.4 Å². The second kappa shape index (κ2) is 12.1. The maximum absolute atomic E-state index is 5.66. The highest BCUT2D eigenvalue weighted by molar-refractivity contribution is 14.0. The molecule has 2 N–H and O–H groups in total. The van der Waals surface area contributed by atoms with Crippen molar-refractivity contribution in [2.45, 2.75) is 26.7 Å². The van der Waals surface area contributed by atoms with Gasteiger partial charge in [-0.05, 0) is 31.9 Å². The molecule has 7 heteroatoms. The smallest absolute Gasteiger partial charge is 0.191 e. The van der Waals surface area contributed by atoms with Crippen molar-refractivity contribution in [1.29, 1.82) is 0 Å². The molecule has 0 amide bonds. The van der Waals surface area contributed by atoms with Crippen LogP contribution in [0.25, 0.3) is 0 Å². The Labute approximate surface area is 171 Å². The number of aryl methyl sites for hydroxylation is 1. The number of guanidine groups is 1. The minimum atomic E-state index is 0. The SMILES string of the molecule is CCOc1ccccc1CCNC(=NC)NCCc1ncc(C)s1.I. The number of rotatable bonds is 8. The number of ether oxygens (including phenoxy) is 1. The molecule has 0 bridgehead atoms. The number of aromatic nitrogens is 1. The van der Waals surface area contributed by atoms with Crippen molar-refractivity contribution in [1.82, 2.24) is 15.6 Å². The lowest BCUT2D eigenvalue weighted by Crippen LogP contribution is -2.39. The highest BCUT2D eigenvalue weighted by Crippen LogP contribution is 2.17. The number of aliphatic imine (C=N–C) groups is 1. The third-order valence-corrected chi connectivity index (χ3v) is 4.46. The maximum atomic E-state index is 5.66. The molecule has 1 heterocycles. The average molecular weight is 474 g/mol. The zero-order chi connectivity index (χ0) is 17.2. The quantitative estimate of drug-likeness (QED) is 0.350. The number of hydrogen-bond acceptors (Lipinski definition) is 4. The van der Waals surface area contributed by atoms with Gasteiger partial charge in [-0.1, -0.05) is 18.2 Å². The molecule has 0 radical (unpaired) electrons. The number of nitrogens with one attached hydrogen (secondary N) is 2.